The topological polar surface area (TPSA) is 229 Å². The first kappa shape index (κ1) is 72.7. The molecular weight excluding hydrogens is 1300 g/mol. The number of aromatic nitrogens is 6. The van der Waals surface area contributed by atoms with Gasteiger partial charge in [-0.15, -0.1) is 0 Å². The third kappa shape index (κ3) is 17.9. The van der Waals surface area contributed by atoms with Gasteiger partial charge in [-0.2, -0.15) is 0 Å². The number of para-hydroxylation sites is 3. The van der Waals surface area contributed by atoms with E-state index in [0.717, 1.165) is 206 Å². The molecule has 0 spiro atoms. The van der Waals surface area contributed by atoms with Gasteiger partial charge in [0, 0.05) is 102 Å². The highest BCUT2D eigenvalue weighted by molar-refractivity contribution is 6.07. The van der Waals surface area contributed by atoms with Crippen LogP contribution in [0.1, 0.15) is 188 Å². The Balaban J connectivity index is 0.000000139. The van der Waals surface area contributed by atoms with E-state index in [-0.39, 0.29) is 24.3 Å². The Bertz CT molecular complexity index is 4650. The minimum atomic E-state index is -0.493. The number of furan rings is 3. The van der Waals surface area contributed by atoms with Crippen molar-refractivity contribution in [2.75, 3.05) is 39.3 Å². The molecule has 3 aromatic carbocycles. The number of nitrogens with two attached hydrogens (primary N) is 1. The average Bonchev–Trinajstić information content (AvgIpc) is 1.66. The van der Waals surface area contributed by atoms with E-state index in [4.69, 9.17) is 58.4 Å². The van der Waals surface area contributed by atoms with Crippen LogP contribution in [0.4, 0.5) is 9.59 Å². The van der Waals surface area contributed by atoms with Gasteiger partial charge in [0.25, 0.3) is 0 Å². The first-order valence-electron chi connectivity index (χ1n) is 37.6. The SMILES string of the molecule is CC(C)(C)OC(=O)NCCCCN(Cc1nccc2c1oc1ccccc12)C1CCCc2cccnc21.CC(C)(C)OC(=O)NCCCCN(Cc1nccc2c1oc1ccccc12)C1CCCc2cccnc21.NCCCCN(Cc1nccc2c1oc1ccccc12)C1CCCc2cccnc21. The van der Waals surface area contributed by atoms with Gasteiger partial charge in [0.1, 0.15) is 28.0 Å². The molecule has 9 aromatic heterocycles. The van der Waals surface area contributed by atoms with Crippen molar-refractivity contribution in [1.29, 1.82) is 0 Å². The van der Waals surface area contributed by atoms with Gasteiger partial charge in [0.05, 0.1) is 52.3 Å². The Hall–Kier alpha value is -9.66. The van der Waals surface area contributed by atoms with E-state index in [1.54, 1.807) is 0 Å². The Morgan fingerprint density at radius 1 is 0.413 bits per heavy atom. The molecule has 0 saturated heterocycles. The molecule has 104 heavy (non-hydrogen) atoms. The highest BCUT2D eigenvalue weighted by Crippen LogP contribution is 2.40. The van der Waals surface area contributed by atoms with E-state index < -0.39 is 11.2 Å². The number of hydrogen-bond donors (Lipinski definition) is 3. The van der Waals surface area contributed by atoms with E-state index in [1.165, 1.54) is 40.2 Å². The molecule has 0 bridgehead atoms. The van der Waals surface area contributed by atoms with Crippen molar-refractivity contribution in [2.24, 2.45) is 5.73 Å². The summed E-state index contributed by atoms with van der Waals surface area (Å²) in [6, 6.07) is 44.2. The molecule has 12 aromatic rings. The third-order valence-electron chi connectivity index (χ3n) is 20.0. The molecule has 3 aliphatic rings. The van der Waals surface area contributed by atoms with Crippen molar-refractivity contribution in [3.8, 4) is 0 Å². The van der Waals surface area contributed by atoms with E-state index in [0.29, 0.717) is 32.2 Å². The number of nitrogens with one attached hydrogen (secondary N) is 2. The number of benzene rings is 3. The van der Waals surface area contributed by atoms with Crippen molar-refractivity contribution >= 4 is 78.0 Å². The zero-order valence-corrected chi connectivity index (χ0v) is 61.3. The van der Waals surface area contributed by atoms with Crippen molar-refractivity contribution in [3.63, 3.8) is 0 Å². The zero-order valence-electron chi connectivity index (χ0n) is 61.3. The van der Waals surface area contributed by atoms with Crippen LogP contribution in [-0.4, -0.2) is 107 Å². The molecule has 15 rings (SSSR count). The minimum Gasteiger partial charge on any atom is -0.454 e. The summed E-state index contributed by atoms with van der Waals surface area (Å²) in [6.45, 7) is 18.0. The quantitative estimate of drug-likeness (QED) is 0.0506. The lowest BCUT2D eigenvalue weighted by Crippen LogP contribution is -2.34. The standard InChI is InChI=1S/2C30H36N4O3.C25H28N4O/c2*1-30(2,3)37-29(35)33-16-6-7-19-34(25-13-8-10-21-11-9-17-32-27(21)25)20-24-28-23(15-18-31-24)22-12-4-5-14-26(22)36-28;26-13-3-4-16-29(22-10-5-7-18-8-6-14-28-24(18)22)17-21-25-20(12-15-27-21)19-9-1-2-11-23(19)30-25/h2*4-5,9,11-12,14-15,17-18,25H,6-8,10,13,16,19-20H2,1-3H3,(H,33,35);1-2,6,8-9,11-12,14-15,22H,3-5,7,10,13,16-17,26H2. The largest absolute Gasteiger partial charge is 0.454 e. The molecule has 19 heteroatoms. The molecule has 0 fully saturated rings. The maximum atomic E-state index is 12.0. The smallest absolute Gasteiger partial charge is 0.407 e. The van der Waals surface area contributed by atoms with E-state index in [2.05, 4.69) is 79.9 Å². The number of amides is 2. The molecule has 542 valence electrons. The van der Waals surface area contributed by atoms with E-state index in [9.17, 15) is 9.59 Å². The summed E-state index contributed by atoms with van der Waals surface area (Å²) in [4.78, 5) is 60.2. The van der Waals surface area contributed by atoms with Gasteiger partial charge in [0.15, 0.2) is 16.7 Å². The van der Waals surface area contributed by atoms with Crippen LogP contribution in [0.5, 0.6) is 0 Å². The number of fused-ring (bicyclic) bond motifs is 12. The summed E-state index contributed by atoms with van der Waals surface area (Å²) in [5.74, 6) is 0. The molecule has 3 unspecified atom stereocenters. The van der Waals surface area contributed by atoms with Crippen molar-refractivity contribution in [2.45, 2.75) is 187 Å². The first-order chi connectivity index (χ1) is 50.6. The fourth-order valence-corrected chi connectivity index (χ4v) is 15.2. The highest BCUT2D eigenvalue weighted by Gasteiger charge is 2.32. The second kappa shape index (κ2) is 33.8. The third-order valence-corrected chi connectivity index (χ3v) is 20.0. The maximum Gasteiger partial charge on any atom is 0.407 e. The summed E-state index contributed by atoms with van der Waals surface area (Å²) in [6.07, 6.45) is 26.4. The Kier molecular flexibility index (Phi) is 23.7. The van der Waals surface area contributed by atoms with E-state index in [1.807, 2.05) is 152 Å². The number of unbranched alkanes of at least 4 members (excludes halogenated alkanes) is 3. The fraction of sp³-hybridized carbons (Fsp3) is 0.412. The Morgan fingerprint density at radius 2 is 0.740 bits per heavy atom. The molecule has 0 aliphatic heterocycles. The van der Waals surface area contributed by atoms with Crippen LogP contribution in [0.3, 0.4) is 0 Å². The van der Waals surface area contributed by atoms with Gasteiger partial charge < -0.3 is 39.1 Å². The van der Waals surface area contributed by atoms with Gasteiger partial charge in [-0.05, 0) is 235 Å². The molecule has 0 radical (unpaired) electrons. The van der Waals surface area contributed by atoms with Gasteiger partial charge in [-0.1, -0.05) is 72.8 Å². The van der Waals surface area contributed by atoms with E-state index >= 15 is 0 Å². The molecule has 19 nitrogen and oxygen atoms in total. The molecular formula is C85H100N12O7. The molecule has 3 aliphatic carbocycles. The lowest BCUT2D eigenvalue weighted by atomic mass is 9.90. The Morgan fingerprint density at radius 3 is 1.07 bits per heavy atom. The van der Waals surface area contributed by atoms with Crippen molar-refractivity contribution in [3.05, 3.63) is 215 Å². The monoisotopic (exact) mass is 1400 g/mol. The van der Waals surface area contributed by atoms with Crippen LogP contribution in [-0.2, 0) is 48.4 Å². The van der Waals surface area contributed by atoms with Gasteiger partial charge in [-0.25, -0.2) is 9.59 Å². The zero-order chi connectivity index (χ0) is 72.0. The normalized spacial score (nSPS) is 15.9. The number of carbonyl (C=O) groups is 2. The molecule has 2 amide bonds. The van der Waals surface area contributed by atoms with Crippen molar-refractivity contribution in [1.82, 2.24) is 55.2 Å². The number of hydrogen-bond acceptors (Lipinski definition) is 17. The van der Waals surface area contributed by atoms with Gasteiger partial charge >= 0.3 is 12.2 Å². The fourth-order valence-electron chi connectivity index (χ4n) is 15.2. The summed E-state index contributed by atoms with van der Waals surface area (Å²) < 4.78 is 29.5. The van der Waals surface area contributed by atoms with Crippen LogP contribution in [0.2, 0.25) is 0 Å². The van der Waals surface area contributed by atoms with Crippen LogP contribution in [0, 0.1) is 0 Å². The number of rotatable bonds is 23. The summed E-state index contributed by atoms with van der Waals surface area (Å²) in [5.41, 5.74) is 20.6. The summed E-state index contributed by atoms with van der Waals surface area (Å²) in [7, 11) is 0. The maximum absolute atomic E-state index is 12.0. The number of aryl methyl sites for hydroxylation is 3. The predicted octanol–water partition coefficient (Wildman–Crippen LogP) is 18.1. The minimum absolute atomic E-state index is 0.227. The predicted molar refractivity (Wildman–Crippen MR) is 411 cm³/mol. The summed E-state index contributed by atoms with van der Waals surface area (Å²) >= 11 is 0. The van der Waals surface area contributed by atoms with Crippen LogP contribution in [0.15, 0.2) is 178 Å². The highest BCUT2D eigenvalue weighted by atomic mass is 16.6. The van der Waals surface area contributed by atoms with Crippen LogP contribution >= 0.6 is 0 Å². The first-order valence-corrected chi connectivity index (χ1v) is 37.6. The van der Waals surface area contributed by atoms with Crippen LogP contribution < -0.4 is 16.4 Å². The molecule has 4 N–H and O–H groups in total. The average molecular weight is 1400 g/mol. The number of ether oxygens (including phenoxy) is 2. The van der Waals surface area contributed by atoms with Gasteiger partial charge in [0.2, 0.25) is 0 Å². The molecule has 0 saturated carbocycles. The second-order valence-electron chi connectivity index (χ2n) is 29.7. The molecule has 9 heterocycles. The lowest BCUT2D eigenvalue weighted by molar-refractivity contribution is 0.0514. The van der Waals surface area contributed by atoms with Crippen LogP contribution in [0.25, 0.3) is 65.8 Å². The number of nitrogens with zero attached hydrogens (tertiary/aromatic N) is 9. The number of carbonyl (C=O) groups excluding carboxylic acids is 2. The van der Waals surface area contributed by atoms with Crippen molar-refractivity contribution < 1.29 is 32.3 Å². The summed E-state index contributed by atoms with van der Waals surface area (Å²) in [5, 5.41) is 12.5. The molecule has 3 atom stereocenters. The second-order valence-corrected chi connectivity index (χ2v) is 29.7. The number of alkyl carbamates (subject to hydrolysis) is 2. The Labute approximate surface area is 609 Å². The van der Waals surface area contributed by atoms with Gasteiger partial charge in [-0.3, -0.25) is 44.6 Å². The lowest BCUT2D eigenvalue weighted by Gasteiger charge is -2.35. The number of pyridine rings is 6.